The lowest BCUT2D eigenvalue weighted by Crippen LogP contribution is -2.22. The average Bonchev–Trinajstić information content (AvgIpc) is 2.84. The summed E-state index contributed by atoms with van der Waals surface area (Å²) in [6.45, 7) is 9.68. The molecule has 0 aliphatic heterocycles. The van der Waals surface area contributed by atoms with E-state index in [0.29, 0.717) is 5.22 Å². The summed E-state index contributed by atoms with van der Waals surface area (Å²) >= 11 is 5.88. The lowest BCUT2D eigenvalue weighted by atomic mass is 9.86. The van der Waals surface area contributed by atoms with Crippen molar-refractivity contribution in [3.63, 3.8) is 0 Å². The highest BCUT2D eigenvalue weighted by molar-refractivity contribution is 6.28. The van der Waals surface area contributed by atoms with Crippen molar-refractivity contribution in [1.82, 2.24) is 5.32 Å². The molecule has 0 saturated heterocycles. The van der Waals surface area contributed by atoms with Gasteiger partial charge in [0.15, 0.2) is 5.22 Å². The Morgan fingerprint density at radius 3 is 2.24 bits per heavy atom. The van der Waals surface area contributed by atoms with Crippen LogP contribution in [0.1, 0.15) is 50.6 Å². The second-order valence-corrected chi connectivity index (χ2v) is 6.78. The van der Waals surface area contributed by atoms with Crippen molar-refractivity contribution in [2.75, 3.05) is 6.54 Å². The first-order chi connectivity index (χ1) is 9.90. The van der Waals surface area contributed by atoms with Crippen LogP contribution in [0, 0.1) is 0 Å². The molecule has 0 fully saturated rings. The highest BCUT2D eigenvalue weighted by atomic mass is 35.5. The van der Waals surface area contributed by atoms with Crippen LogP contribution in [0.2, 0.25) is 5.22 Å². The van der Waals surface area contributed by atoms with E-state index in [4.69, 9.17) is 16.0 Å². The van der Waals surface area contributed by atoms with Gasteiger partial charge in [-0.2, -0.15) is 0 Å². The third kappa shape index (κ3) is 4.36. The second kappa shape index (κ2) is 6.67. The summed E-state index contributed by atoms with van der Waals surface area (Å²) in [4.78, 5) is 0. The molecule has 1 aromatic carbocycles. The molecule has 1 atom stereocenters. The Bertz CT molecular complexity index is 566. The van der Waals surface area contributed by atoms with Gasteiger partial charge in [-0.05, 0) is 53.2 Å². The number of likely N-dealkylation sites (N-methyl/N-ethyl adjacent to an activating group) is 1. The van der Waals surface area contributed by atoms with E-state index in [9.17, 15) is 0 Å². The first-order valence-corrected chi connectivity index (χ1v) is 7.86. The van der Waals surface area contributed by atoms with Gasteiger partial charge in [-0.15, -0.1) is 0 Å². The van der Waals surface area contributed by atoms with Gasteiger partial charge in [0.05, 0.1) is 6.04 Å². The SMILES string of the molecule is CCNC(Cc1ccc(C(C)(C)C)cc1)c1ccc(Cl)o1. The summed E-state index contributed by atoms with van der Waals surface area (Å²) in [5.41, 5.74) is 2.84. The summed E-state index contributed by atoms with van der Waals surface area (Å²) in [5.74, 6) is 0.891. The van der Waals surface area contributed by atoms with Gasteiger partial charge in [0.2, 0.25) is 0 Å². The highest BCUT2D eigenvalue weighted by Gasteiger charge is 2.17. The highest BCUT2D eigenvalue weighted by Crippen LogP contribution is 2.26. The van der Waals surface area contributed by atoms with E-state index in [2.05, 4.69) is 57.3 Å². The summed E-state index contributed by atoms with van der Waals surface area (Å²) in [7, 11) is 0. The molecular formula is C18H24ClNO. The summed E-state index contributed by atoms with van der Waals surface area (Å²) < 4.78 is 5.55. The fourth-order valence-electron chi connectivity index (χ4n) is 2.41. The Labute approximate surface area is 132 Å². The largest absolute Gasteiger partial charge is 0.448 e. The average molecular weight is 306 g/mol. The summed E-state index contributed by atoms with van der Waals surface area (Å²) in [6, 6.07) is 12.7. The molecular weight excluding hydrogens is 282 g/mol. The third-order valence-corrected chi connectivity index (χ3v) is 3.85. The predicted octanol–water partition coefficient (Wildman–Crippen LogP) is 5.12. The maximum atomic E-state index is 5.88. The number of rotatable bonds is 5. The fourth-order valence-corrected chi connectivity index (χ4v) is 2.56. The van der Waals surface area contributed by atoms with Gasteiger partial charge < -0.3 is 9.73 Å². The number of furan rings is 1. The first kappa shape index (κ1) is 16.1. The van der Waals surface area contributed by atoms with Crippen molar-refractivity contribution in [3.05, 3.63) is 58.5 Å². The molecule has 0 amide bonds. The van der Waals surface area contributed by atoms with Crippen LogP contribution in [0.15, 0.2) is 40.8 Å². The van der Waals surface area contributed by atoms with Crippen LogP contribution in [-0.4, -0.2) is 6.54 Å². The molecule has 1 heterocycles. The second-order valence-electron chi connectivity index (χ2n) is 6.40. The summed E-state index contributed by atoms with van der Waals surface area (Å²) in [6.07, 6.45) is 0.891. The van der Waals surface area contributed by atoms with Crippen LogP contribution in [0.25, 0.3) is 0 Å². The van der Waals surface area contributed by atoms with Crippen LogP contribution in [0.3, 0.4) is 0 Å². The van der Waals surface area contributed by atoms with E-state index in [1.807, 2.05) is 6.07 Å². The maximum absolute atomic E-state index is 5.88. The van der Waals surface area contributed by atoms with Gasteiger partial charge in [0.25, 0.3) is 0 Å². The van der Waals surface area contributed by atoms with Crippen LogP contribution in [0.4, 0.5) is 0 Å². The molecule has 0 radical (unpaired) electrons. The van der Waals surface area contributed by atoms with Gasteiger partial charge in [-0.25, -0.2) is 0 Å². The maximum Gasteiger partial charge on any atom is 0.193 e. The van der Waals surface area contributed by atoms with E-state index < -0.39 is 0 Å². The lowest BCUT2D eigenvalue weighted by molar-refractivity contribution is 0.417. The molecule has 2 rings (SSSR count). The molecule has 0 saturated carbocycles. The zero-order chi connectivity index (χ0) is 15.5. The van der Waals surface area contributed by atoms with Crippen LogP contribution < -0.4 is 5.32 Å². The van der Waals surface area contributed by atoms with Gasteiger partial charge in [-0.1, -0.05) is 52.0 Å². The zero-order valence-electron chi connectivity index (χ0n) is 13.2. The predicted molar refractivity (Wildman–Crippen MR) is 89.0 cm³/mol. The van der Waals surface area contributed by atoms with Crippen LogP contribution >= 0.6 is 11.6 Å². The Morgan fingerprint density at radius 1 is 1.10 bits per heavy atom. The van der Waals surface area contributed by atoms with Crippen molar-refractivity contribution >= 4 is 11.6 Å². The molecule has 3 heteroatoms. The monoisotopic (exact) mass is 305 g/mol. The molecule has 2 aromatic rings. The molecule has 114 valence electrons. The van der Waals surface area contributed by atoms with Gasteiger partial charge in [-0.3, -0.25) is 0 Å². The molecule has 2 nitrogen and oxygen atoms in total. The van der Waals surface area contributed by atoms with E-state index >= 15 is 0 Å². The molecule has 0 bridgehead atoms. The standard InChI is InChI=1S/C18H24ClNO/c1-5-20-15(16-10-11-17(19)21-16)12-13-6-8-14(9-7-13)18(2,3)4/h6-11,15,20H,5,12H2,1-4H3. The van der Waals surface area contributed by atoms with E-state index in [1.165, 1.54) is 11.1 Å². The van der Waals surface area contributed by atoms with Crippen LogP contribution in [-0.2, 0) is 11.8 Å². The van der Waals surface area contributed by atoms with Gasteiger partial charge in [0.1, 0.15) is 5.76 Å². The lowest BCUT2D eigenvalue weighted by Gasteiger charge is -2.20. The Hall–Kier alpha value is -1.25. The normalized spacial score (nSPS) is 13.4. The number of benzene rings is 1. The fraction of sp³-hybridized carbons (Fsp3) is 0.444. The van der Waals surface area contributed by atoms with E-state index in [1.54, 1.807) is 6.07 Å². The molecule has 21 heavy (non-hydrogen) atoms. The minimum Gasteiger partial charge on any atom is -0.448 e. The number of nitrogens with one attached hydrogen (secondary N) is 1. The molecule has 0 aliphatic carbocycles. The quantitative estimate of drug-likeness (QED) is 0.829. The topological polar surface area (TPSA) is 25.2 Å². The first-order valence-electron chi connectivity index (χ1n) is 7.48. The number of hydrogen-bond acceptors (Lipinski definition) is 2. The van der Waals surface area contributed by atoms with E-state index in [0.717, 1.165) is 18.7 Å². The van der Waals surface area contributed by atoms with E-state index in [-0.39, 0.29) is 11.5 Å². The van der Waals surface area contributed by atoms with Gasteiger partial charge >= 0.3 is 0 Å². The van der Waals surface area contributed by atoms with Crippen molar-refractivity contribution in [3.8, 4) is 0 Å². The molecule has 0 spiro atoms. The molecule has 1 N–H and O–H groups in total. The van der Waals surface area contributed by atoms with Crippen LogP contribution in [0.5, 0.6) is 0 Å². The van der Waals surface area contributed by atoms with Crippen molar-refractivity contribution in [1.29, 1.82) is 0 Å². The molecule has 1 unspecified atom stereocenters. The zero-order valence-corrected chi connectivity index (χ0v) is 14.0. The third-order valence-electron chi connectivity index (χ3n) is 3.65. The van der Waals surface area contributed by atoms with Gasteiger partial charge in [0, 0.05) is 0 Å². The number of hydrogen-bond donors (Lipinski definition) is 1. The van der Waals surface area contributed by atoms with Crippen molar-refractivity contribution in [2.24, 2.45) is 0 Å². The molecule has 1 aromatic heterocycles. The molecule has 0 aliphatic rings. The number of halogens is 1. The van der Waals surface area contributed by atoms with Crippen molar-refractivity contribution < 1.29 is 4.42 Å². The minimum atomic E-state index is 0.156. The Morgan fingerprint density at radius 2 is 1.76 bits per heavy atom. The minimum absolute atomic E-state index is 0.156. The summed E-state index contributed by atoms with van der Waals surface area (Å²) in [5, 5.41) is 3.89. The Balaban J connectivity index is 2.14. The smallest absolute Gasteiger partial charge is 0.193 e. The Kier molecular flexibility index (Phi) is 5.13. The van der Waals surface area contributed by atoms with Crippen molar-refractivity contribution in [2.45, 2.75) is 45.6 Å².